The van der Waals surface area contributed by atoms with Gasteiger partial charge in [-0.1, -0.05) is 6.92 Å². The molecule has 5 atom stereocenters. The van der Waals surface area contributed by atoms with Crippen molar-refractivity contribution in [3.63, 3.8) is 0 Å². The minimum atomic E-state index is -5.00. The van der Waals surface area contributed by atoms with Crippen molar-refractivity contribution in [3.8, 4) is 0 Å². The van der Waals surface area contributed by atoms with Crippen LogP contribution in [0.25, 0.3) is 0 Å². The number of aliphatic hydroxyl groups is 2. The van der Waals surface area contributed by atoms with E-state index in [0.717, 1.165) is 0 Å². The molecule has 1 rings (SSSR count). The number of hydrogen-bond donors (Lipinski definition) is 4. The molecule has 0 aromatic heterocycles. The molecule has 1 amide bonds. The molecule has 0 saturated carbocycles. The van der Waals surface area contributed by atoms with E-state index < -0.39 is 49.0 Å². The Morgan fingerprint density at radius 3 is 2.45 bits per heavy atom. The Morgan fingerprint density at radius 2 is 2.10 bits per heavy atom. The van der Waals surface area contributed by atoms with Gasteiger partial charge in [0, 0.05) is 12.5 Å². The highest BCUT2D eigenvalue weighted by Gasteiger charge is 2.48. The van der Waals surface area contributed by atoms with Crippen LogP contribution in [0.4, 0.5) is 13.2 Å². The first-order chi connectivity index (χ1) is 9.26. The van der Waals surface area contributed by atoms with E-state index in [2.05, 4.69) is 0 Å². The minimum Gasteiger partial charge on any atom is -0.396 e. The summed E-state index contributed by atoms with van der Waals surface area (Å²) in [5.74, 6) is -2.77. The molecule has 6 nitrogen and oxygen atoms in total. The second-order valence-corrected chi connectivity index (χ2v) is 4.70. The maximum absolute atomic E-state index is 12.2. The normalized spacial score (nSPS) is 32.1. The third kappa shape index (κ3) is 3.60. The molecular weight excluding hydrogens is 281 g/mol. The number of halogens is 3. The van der Waals surface area contributed by atoms with Crippen molar-refractivity contribution in [3.05, 3.63) is 0 Å². The van der Waals surface area contributed by atoms with Crippen molar-refractivity contribution >= 4 is 5.91 Å². The molecule has 1 aliphatic heterocycles. The molecule has 118 valence electrons. The molecule has 0 radical (unpaired) electrons. The van der Waals surface area contributed by atoms with E-state index in [1.807, 2.05) is 0 Å². The van der Waals surface area contributed by atoms with Gasteiger partial charge in [-0.15, -0.1) is 0 Å². The van der Waals surface area contributed by atoms with E-state index in [9.17, 15) is 23.1 Å². The third-order valence-corrected chi connectivity index (χ3v) is 3.44. The Labute approximate surface area is 114 Å². The second-order valence-electron chi connectivity index (χ2n) is 4.70. The zero-order valence-corrected chi connectivity index (χ0v) is 10.9. The van der Waals surface area contributed by atoms with Crippen LogP contribution in [0.1, 0.15) is 13.3 Å². The van der Waals surface area contributed by atoms with Crippen molar-refractivity contribution in [2.45, 2.75) is 43.9 Å². The van der Waals surface area contributed by atoms with Crippen LogP contribution in [-0.4, -0.2) is 59.8 Å². The zero-order valence-electron chi connectivity index (χ0n) is 10.9. The minimum absolute atomic E-state index is 0.0163. The Bertz CT molecular complexity index is 340. The van der Waals surface area contributed by atoms with E-state index in [4.69, 9.17) is 15.6 Å². The van der Waals surface area contributed by atoms with Crippen LogP contribution >= 0.6 is 0 Å². The second kappa shape index (κ2) is 6.70. The molecule has 9 heteroatoms. The SMILES string of the molecule is CCC(NC(=O)C(F)(F)F)C1OC(CN)C(CO)C1O. The summed E-state index contributed by atoms with van der Waals surface area (Å²) in [5.41, 5.74) is 5.42. The predicted octanol–water partition coefficient (Wildman–Crippen LogP) is -0.861. The van der Waals surface area contributed by atoms with Crippen LogP contribution in [0.2, 0.25) is 0 Å². The lowest BCUT2D eigenvalue weighted by molar-refractivity contribution is -0.175. The summed E-state index contributed by atoms with van der Waals surface area (Å²) >= 11 is 0. The molecule has 5 unspecified atom stereocenters. The molecular formula is C11H19F3N2O4. The fourth-order valence-electron chi connectivity index (χ4n) is 2.30. The molecule has 0 aromatic rings. The van der Waals surface area contributed by atoms with Crippen LogP contribution in [0.3, 0.4) is 0 Å². The van der Waals surface area contributed by atoms with Gasteiger partial charge in [0.2, 0.25) is 0 Å². The molecule has 1 heterocycles. The molecule has 20 heavy (non-hydrogen) atoms. The van der Waals surface area contributed by atoms with Crippen LogP contribution < -0.4 is 11.1 Å². The lowest BCUT2D eigenvalue weighted by Crippen LogP contribution is -2.51. The highest BCUT2D eigenvalue weighted by Crippen LogP contribution is 2.29. The Morgan fingerprint density at radius 1 is 1.50 bits per heavy atom. The van der Waals surface area contributed by atoms with Crippen LogP contribution in [0, 0.1) is 5.92 Å². The van der Waals surface area contributed by atoms with Crippen LogP contribution in [0.15, 0.2) is 0 Å². The summed E-state index contributed by atoms with van der Waals surface area (Å²) in [6.07, 6.45) is -7.74. The van der Waals surface area contributed by atoms with Gasteiger partial charge in [0.15, 0.2) is 0 Å². The first-order valence-electron chi connectivity index (χ1n) is 6.28. The average Bonchev–Trinajstić information content (AvgIpc) is 2.70. The third-order valence-electron chi connectivity index (χ3n) is 3.44. The maximum atomic E-state index is 12.2. The molecule has 1 fully saturated rings. The monoisotopic (exact) mass is 300 g/mol. The molecule has 0 spiro atoms. The van der Waals surface area contributed by atoms with Crippen molar-refractivity contribution < 1.29 is 32.9 Å². The summed E-state index contributed by atoms with van der Waals surface area (Å²) < 4.78 is 42.1. The molecule has 1 saturated heterocycles. The van der Waals surface area contributed by atoms with E-state index in [1.165, 1.54) is 0 Å². The molecule has 5 N–H and O–H groups in total. The predicted molar refractivity (Wildman–Crippen MR) is 62.6 cm³/mol. The number of carbonyl (C=O) groups is 1. The summed E-state index contributed by atoms with van der Waals surface area (Å²) in [7, 11) is 0. The Hall–Kier alpha value is -0.900. The van der Waals surface area contributed by atoms with Gasteiger partial charge in [-0.25, -0.2) is 0 Å². The van der Waals surface area contributed by atoms with Crippen LogP contribution in [-0.2, 0) is 9.53 Å². The Kier molecular flexibility index (Phi) is 5.75. The number of aliphatic hydroxyl groups excluding tert-OH is 2. The number of alkyl halides is 3. The molecule has 0 bridgehead atoms. The number of carbonyl (C=O) groups excluding carboxylic acids is 1. The van der Waals surface area contributed by atoms with Crippen LogP contribution in [0.5, 0.6) is 0 Å². The first kappa shape index (κ1) is 17.2. The Balaban J connectivity index is 2.78. The van der Waals surface area contributed by atoms with E-state index in [1.54, 1.807) is 12.2 Å². The van der Waals surface area contributed by atoms with Gasteiger partial charge in [-0.3, -0.25) is 4.79 Å². The summed E-state index contributed by atoms with van der Waals surface area (Å²) in [5, 5.41) is 20.9. The van der Waals surface area contributed by atoms with Crippen molar-refractivity contribution in [2.24, 2.45) is 11.7 Å². The maximum Gasteiger partial charge on any atom is 0.471 e. The lowest BCUT2D eigenvalue weighted by Gasteiger charge is -2.26. The van der Waals surface area contributed by atoms with E-state index in [0.29, 0.717) is 0 Å². The van der Waals surface area contributed by atoms with Crippen molar-refractivity contribution in [1.29, 1.82) is 0 Å². The fourth-order valence-corrected chi connectivity index (χ4v) is 2.30. The number of nitrogens with two attached hydrogens (primary N) is 1. The van der Waals surface area contributed by atoms with Gasteiger partial charge in [0.05, 0.1) is 24.9 Å². The fraction of sp³-hybridized carbons (Fsp3) is 0.909. The number of ether oxygens (including phenoxy) is 1. The smallest absolute Gasteiger partial charge is 0.396 e. The average molecular weight is 300 g/mol. The van der Waals surface area contributed by atoms with Gasteiger partial charge < -0.3 is 26.0 Å². The first-order valence-corrected chi connectivity index (χ1v) is 6.28. The van der Waals surface area contributed by atoms with Crippen molar-refractivity contribution in [1.82, 2.24) is 5.32 Å². The summed E-state index contributed by atoms with van der Waals surface area (Å²) in [6, 6.07) is -1.01. The number of nitrogens with one attached hydrogen (secondary N) is 1. The molecule has 1 aliphatic rings. The standard InChI is InChI=1S/C11H19F3N2O4/c1-2-6(16-10(19)11(12,13)14)9-8(18)5(4-17)7(3-15)20-9/h5-9,17-18H,2-4,15H2,1H3,(H,16,19). The molecule has 0 aromatic carbocycles. The number of amides is 1. The van der Waals surface area contributed by atoms with Gasteiger partial charge in [0.25, 0.3) is 0 Å². The topological polar surface area (TPSA) is 105 Å². The van der Waals surface area contributed by atoms with Gasteiger partial charge >= 0.3 is 12.1 Å². The highest BCUT2D eigenvalue weighted by atomic mass is 19.4. The summed E-state index contributed by atoms with van der Waals surface area (Å²) in [6.45, 7) is 1.17. The van der Waals surface area contributed by atoms with E-state index in [-0.39, 0.29) is 13.0 Å². The van der Waals surface area contributed by atoms with Gasteiger partial charge in [0.1, 0.15) is 6.10 Å². The van der Waals surface area contributed by atoms with Gasteiger partial charge in [-0.05, 0) is 6.42 Å². The largest absolute Gasteiger partial charge is 0.471 e. The zero-order chi connectivity index (χ0) is 15.5. The number of rotatable bonds is 5. The van der Waals surface area contributed by atoms with Crippen molar-refractivity contribution in [2.75, 3.05) is 13.2 Å². The lowest BCUT2D eigenvalue weighted by atomic mass is 9.93. The number of hydrogen-bond acceptors (Lipinski definition) is 5. The van der Waals surface area contributed by atoms with E-state index >= 15 is 0 Å². The molecule has 0 aliphatic carbocycles. The van der Waals surface area contributed by atoms with Gasteiger partial charge in [-0.2, -0.15) is 13.2 Å². The quantitative estimate of drug-likeness (QED) is 0.529. The highest BCUT2D eigenvalue weighted by molar-refractivity contribution is 5.82. The summed E-state index contributed by atoms with van der Waals surface area (Å²) in [4.78, 5) is 11.0.